The zero-order chi connectivity index (χ0) is 19.0. The van der Waals surface area contributed by atoms with Gasteiger partial charge in [-0.05, 0) is 49.1 Å². The molecule has 0 radical (unpaired) electrons. The first kappa shape index (κ1) is 17.9. The number of benzene rings is 2. The van der Waals surface area contributed by atoms with Crippen LogP contribution < -0.4 is 4.90 Å². The predicted octanol–water partition coefficient (Wildman–Crippen LogP) is 4.44. The Balaban J connectivity index is 1.96. The second-order valence-electron chi connectivity index (χ2n) is 7.12. The van der Waals surface area contributed by atoms with Crippen molar-refractivity contribution in [2.45, 2.75) is 29.6 Å². The van der Waals surface area contributed by atoms with Gasteiger partial charge in [-0.3, -0.25) is 4.98 Å². The van der Waals surface area contributed by atoms with Crippen LogP contribution in [0.2, 0.25) is 0 Å². The van der Waals surface area contributed by atoms with Gasteiger partial charge >= 0.3 is 0 Å². The number of hydrogen-bond donors (Lipinski definition) is 0. The fourth-order valence-electron chi connectivity index (χ4n) is 3.61. The van der Waals surface area contributed by atoms with Crippen LogP contribution in [0.15, 0.2) is 64.5 Å². The molecule has 4 rings (SSSR count). The highest BCUT2D eigenvalue weighted by molar-refractivity contribution is 7.91. The number of aromatic nitrogens is 1. The third-order valence-corrected chi connectivity index (χ3v) is 6.98. The fourth-order valence-corrected chi connectivity index (χ4v) is 5.07. The Hall–Kier alpha value is -2.47. The van der Waals surface area contributed by atoms with E-state index < -0.39 is 15.7 Å². The van der Waals surface area contributed by atoms with E-state index in [-0.39, 0.29) is 9.79 Å². The molecule has 0 saturated carbocycles. The summed E-state index contributed by atoms with van der Waals surface area (Å²) in [7, 11) is -3.76. The van der Waals surface area contributed by atoms with Crippen LogP contribution in [0.25, 0.3) is 10.9 Å². The Morgan fingerprint density at radius 2 is 1.78 bits per heavy atom. The number of piperidine rings is 1. The van der Waals surface area contributed by atoms with E-state index >= 15 is 0 Å². The molecule has 140 valence electrons. The molecule has 0 N–H and O–H groups in total. The molecule has 27 heavy (non-hydrogen) atoms. The molecule has 2 heterocycles. The first-order valence-corrected chi connectivity index (χ1v) is 10.6. The van der Waals surface area contributed by atoms with E-state index in [4.69, 9.17) is 0 Å². The SMILES string of the molecule is CC1CCN(c2c(S(=O)(=O)c3ccccc3)cnc3ccc(F)cc23)CC1. The summed E-state index contributed by atoms with van der Waals surface area (Å²) >= 11 is 0. The maximum Gasteiger partial charge on any atom is 0.210 e. The predicted molar refractivity (Wildman–Crippen MR) is 104 cm³/mol. The Kier molecular flexibility index (Phi) is 4.60. The van der Waals surface area contributed by atoms with Crippen LogP contribution in [0.1, 0.15) is 19.8 Å². The molecular weight excluding hydrogens is 363 g/mol. The van der Waals surface area contributed by atoms with Crippen LogP contribution in [0.5, 0.6) is 0 Å². The number of rotatable bonds is 3. The highest BCUT2D eigenvalue weighted by Gasteiger charge is 2.28. The second-order valence-corrected chi connectivity index (χ2v) is 9.04. The first-order valence-electron chi connectivity index (χ1n) is 9.10. The smallest absolute Gasteiger partial charge is 0.210 e. The van der Waals surface area contributed by atoms with Crippen molar-refractivity contribution in [1.29, 1.82) is 0 Å². The molecule has 1 saturated heterocycles. The summed E-state index contributed by atoms with van der Waals surface area (Å²) in [6.45, 7) is 3.69. The molecular formula is C21H21FN2O2S. The van der Waals surface area contributed by atoms with E-state index in [1.807, 2.05) is 0 Å². The molecule has 3 aromatic rings. The van der Waals surface area contributed by atoms with Crippen LogP contribution in [-0.2, 0) is 9.84 Å². The standard InChI is InChI=1S/C21H21FN2O2S/c1-15-9-11-24(12-10-15)21-18-13-16(22)7-8-19(18)23-14-20(21)27(25,26)17-5-3-2-4-6-17/h2-8,13-15H,9-12H2,1H3. The van der Waals surface area contributed by atoms with E-state index in [1.165, 1.54) is 18.3 Å². The van der Waals surface area contributed by atoms with Gasteiger partial charge in [0.05, 0.1) is 16.1 Å². The van der Waals surface area contributed by atoms with Gasteiger partial charge in [-0.1, -0.05) is 25.1 Å². The van der Waals surface area contributed by atoms with Crippen molar-refractivity contribution in [1.82, 2.24) is 4.98 Å². The number of nitrogens with zero attached hydrogens (tertiary/aromatic N) is 2. The van der Waals surface area contributed by atoms with Gasteiger partial charge in [-0.15, -0.1) is 0 Å². The summed E-state index contributed by atoms with van der Waals surface area (Å²) in [4.78, 5) is 6.74. The van der Waals surface area contributed by atoms with Gasteiger partial charge < -0.3 is 4.90 Å². The van der Waals surface area contributed by atoms with E-state index in [0.29, 0.717) is 22.5 Å². The minimum atomic E-state index is -3.76. The highest BCUT2D eigenvalue weighted by atomic mass is 32.2. The van der Waals surface area contributed by atoms with Crippen LogP contribution >= 0.6 is 0 Å². The second kappa shape index (κ2) is 6.93. The van der Waals surface area contributed by atoms with Crippen molar-refractivity contribution in [3.8, 4) is 0 Å². The molecule has 0 unspecified atom stereocenters. The molecule has 1 fully saturated rings. The van der Waals surface area contributed by atoms with E-state index in [1.54, 1.807) is 36.4 Å². The lowest BCUT2D eigenvalue weighted by atomic mass is 9.98. The van der Waals surface area contributed by atoms with Gasteiger partial charge in [0.15, 0.2) is 0 Å². The minimum Gasteiger partial charge on any atom is -0.370 e. The fraction of sp³-hybridized carbons (Fsp3) is 0.286. The van der Waals surface area contributed by atoms with Gasteiger partial charge in [-0.2, -0.15) is 0 Å². The number of hydrogen-bond acceptors (Lipinski definition) is 4. The minimum absolute atomic E-state index is 0.140. The van der Waals surface area contributed by atoms with Crippen LogP contribution in [0, 0.1) is 11.7 Å². The monoisotopic (exact) mass is 384 g/mol. The number of anilines is 1. The molecule has 0 aliphatic carbocycles. The van der Waals surface area contributed by atoms with Crippen molar-refractivity contribution in [2.75, 3.05) is 18.0 Å². The third-order valence-electron chi connectivity index (χ3n) is 5.21. The average molecular weight is 384 g/mol. The molecule has 0 bridgehead atoms. The van der Waals surface area contributed by atoms with E-state index in [0.717, 1.165) is 25.9 Å². The largest absolute Gasteiger partial charge is 0.370 e. The molecule has 4 nitrogen and oxygen atoms in total. The molecule has 2 aromatic carbocycles. The van der Waals surface area contributed by atoms with Gasteiger partial charge in [-0.25, -0.2) is 12.8 Å². The van der Waals surface area contributed by atoms with E-state index in [2.05, 4.69) is 16.8 Å². The van der Waals surface area contributed by atoms with Crippen LogP contribution in [0.3, 0.4) is 0 Å². The van der Waals surface area contributed by atoms with Gasteiger partial charge in [0, 0.05) is 24.7 Å². The van der Waals surface area contributed by atoms with Crippen molar-refractivity contribution in [3.63, 3.8) is 0 Å². The van der Waals surface area contributed by atoms with Crippen molar-refractivity contribution < 1.29 is 12.8 Å². The van der Waals surface area contributed by atoms with Crippen LogP contribution in [-0.4, -0.2) is 26.5 Å². The van der Waals surface area contributed by atoms with Crippen molar-refractivity contribution >= 4 is 26.4 Å². The summed E-state index contributed by atoms with van der Waals surface area (Å²) in [5.41, 5.74) is 1.16. The van der Waals surface area contributed by atoms with Crippen LogP contribution in [0.4, 0.5) is 10.1 Å². The summed E-state index contributed by atoms with van der Waals surface area (Å²) in [6.07, 6.45) is 3.36. The van der Waals surface area contributed by atoms with E-state index in [9.17, 15) is 12.8 Å². The Morgan fingerprint density at radius 1 is 1.07 bits per heavy atom. The maximum absolute atomic E-state index is 14.0. The summed E-state index contributed by atoms with van der Waals surface area (Å²) < 4.78 is 40.7. The highest BCUT2D eigenvalue weighted by Crippen LogP contribution is 2.37. The van der Waals surface area contributed by atoms with Crippen molar-refractivity contribution in [3.05, 3.63) is 60.5 Å². The zero-order valence-corrected chi connectivity index (χ0v) is 15.9. The first-order chi connectivity index (χ1) is 13.0. The van der Waals surface area contributed by atoms with Crippen molar-refractivity contribution in [2.24, 2.45) is 5.92 Å². The Morgan fingerprint density at radius 3 is 2.48 bits per heavy atom. The number of pyridine rings is 1. The molecule has 0 amide bonds. The normalized spacial score (nSPS) is 16.0. The number of halogens is 1. The maximum atomic E-state index is 14.0. The zero-order valence-electron chi connectivity index (χ0n) is 15.1. The quantitative estimate of drug-likeness (QED) is 0.670. The molecule has 0 spiro atoms. The topological polar surface area (TPSA) is 50.3 Å². The number of sulfone groups is 1. The molecule has 6 heteroatoms. The Labute approximate surface area is 158 Å². The molecule has 1 aliphatic rings. The average Bonchev–Trinajstić information content (AvgIpc) is 2.68. The molecule has 1 aromatic heterocycles. The lowest BCUT2D eigenvalue weighted by Crippen LogP contribution is -2.34. The molecule has 1 aliphatic heterocycles. The summed E-state index contributed by atoms with van der Waals surface area (Å²) in [5.74, 6) is 0.199. The lowest BCUT2D eigenvalue weighted by Gasteiger charge is -2.34. The summed E-state index contributed by atoms with van der Waals surface area (Å²) in [6, 6.07) is 12.7. The summed E-state index contributed by atoms with van der Waals surface area (Å²) in [5, 5.41) is 0.543. The van der Waals surface area contributed by atoms with Gasteiger partial charge in [0.1, 0.15) is 10.7 Å². The Bertz CT molecular complexity index is 1080. The van der Waals surface area contributed by atoms with Gasteiger partial charge in [0.2, 0.25) is 9.84 Å². The number of fused-ring (bicyclic) bond motifs is 1. The van der Waals surface area contributed by atoms with Gasteiger partial charge in [0.25, 0.3) is 0 Å². The third kappa shape index (κ3) is 3.30. The molecule has 0 atom stereocenters. The lowest BCUT2D eigenvalue weighted by molar-refractivity contribution is 0.437.